The van der Waals surface area contributed by atoms with Gasteiger partial charge in [-0.05, 0) is 17.7 Å². The first-order valence-corrected chi connectivity index (χ1v) is 4.91. The van der Waals surface area contributed by atoms with E-state index in [1.807, 2.05) is 0 Å². The minimum atomic E-state index is -0.923. The molecule has 0 saturated heterocycles. The van der Waals surface area contributed by atoms with Crippen molar-refractivity contribution in [2.45, 2.75) is 12.8 Å². The first-order chi connectivity index (χ1) is 7.58. The van der Waals surface area contributed by atoms with Gasteiger partial charge in [-0.15, -0.1) is 0 Å². The fraction of sp³-hybridized carbons (Fsp3) is 0.273. The van der Waals surface area contributed by atoms with Gasteiger partial charge in [0.05, 0.1) is 12.8 Å². The van der Waals surface area contributed by atoms with E-state index in [4.69, 9.17) is 10.8 Å². The molecular formula is C11H14N2O3. The van der Waals surface area contributed by atoms with Crippen molar-refractivity contribution in [2.75, 3.05) is 12.3 Å². The zero-order valence-electron chi connectivity index (χ0n) is 8.77. The molecule has 5 nitrogen and oxygen atoms in total. The molecule has 0 aromatic heterocycles. The van der Waals surface area contributed by atoms with E-state index in [9.17, 15) is 9.59 Å². The number of carboxylic acids is 1. The highest BCUT2D eigenvalue weighted by Crippen LogP contribution is 2.05. The van der Waals surface area contributed by atoms with Crippen LogP contribution in [-0.2, 0) is 16.0 Å². The van der Waals surface area contributed by atoms with Gasteiger partial charge in [-0.25, -0.2) is 0 Å². The Bertz CT molecular complexity index is 373. The number of hydrogen-bond donors (Lipinski definition) is 3. The Balaban J connectivity index is 2.34. The molecule has 0 heterocycles. The first kappa shape index (κ1) is 12.0. The molecule has 0 saturated carbocycles. The van der Waals surface area contributed by atoms with Gasteiger partial charge in [-0.3, -0.25) is 9.59 Å². The Morgan fingerprint density at radius 2 is 1.88 bits per heavy atom. The number of carbonyl (C=O) groups excluding carboxylic acids is 1. The largest absolute Gasteiger partial charge is 0.481 e. The third-order valence-electron chi connectivity index (χ3n) is 2.01. The van der Waals surface area contributed by atoms with Gasteiger partial charge in [0.1, 0.15) is 0 Å². The Labute approximate surface area is 93.3 Å². The average molecular weight is 222 g/mol. The van der Waals surface area contributed by atoms with E-state index < -0.39 is 5.97 Å². The maximum atomic E-state index is 11.3. The van der Waals surface area contributed by atoms with Crippen LogP contribution < -0.4 is 11.1 Å². The second-order valence-corrected chi connectivity index (χ2v) is 3.41. The quantitative estimate of drug-likeness (QED) is 0.629. The summed E-state index contributed by atoms with van der Waals surface area (Å²) in [6.07, 6.45) is 0.174. The normalized spacial score (nSPS) is 9.75. The second kappa shape index (κ2) is 5.75. The molecule has 0 aliphatic rings. The van der Waals surface area contributed by atoms with Crippen LogP contribution in [0.5, 0.6) is 0 Å². The number of nitrogen functional groups attached to an aromatic ring is 1. The van der Waals surface area contributed by atoms with Gasteiger partial charge < -0.3 is 16.2 Å². The van der Waals surface area contributed by atoms with Gasteiger partial charge in [0.15, 0.2) is 0 Å². The van der Waals surface area contributed by atoms with E-state index in [0.717, 1.165) is 5.56 Å². The lowest BCUT2D eigenvalue weighted by atomic mass is 10.1. The average Bonchev–Trinajstić information content (AvgIpc) is 2.21. The summed E-state index contributed by atoms with van der Waals surface area (Å²) >= 11 is 0. The van der Waals surface area contributed by atoms with Gasteiger partial charge in [0.25, 0.3) is 0 Å². The highest BCUT2D eigenvalue weighted by molar-refractivity contribution is 5.79. The van der Waals surface area contributed by atoms with Crippen LogP contribution in [0.1, 0.15) is 12.0 Å². The van der Waals surface area contributed by atoms with E-state index in [1.54, 1.807) is 24.3 Å². The van der Waals surface area contributed by atoms with Crippen LogP contribution in [0.3, 0.4) is 0 Å². The van der Waals surface area contributed by atoms with Crippen molar-refractivity contribution in [2.24, 2.45) is 0 Å². The second-order valence-electron chi connectivity index (χ2n) is 3.41. The van der Waals surface area contributed by atoms with Crippen molar-refractivity contribution < 1.29 is 14.7 Å². The summed E-state index contributed by atoms with van der Waals surface area (Å²) < 4.78 is 0. The maximum absolute atomic E-state index is 11.3. The number of nitrogens with two attached hydrogens (primary N) is 1. The summed E-state index contributed by atoms with van der Waals surface area (Å²) in [4.78, 5) is 21.6. The van der Waals surface area contributed by atoms with Crippen LogP contribution in [0.4, 0.5) is 5.69 Å². The zero-order valence-corrected chi connectivity index (χ0v) is 8.77. The van der Waals surface area contributed by atoms with Crippen molar-refractivity contribution >= 4 is 17.6 Å². The third kappa shape index (κ3) is 4.45. The number of aliphatic carboxylic acids is 1. The summed E-state index contributed by atoms with van der Waals surface area (Å²) in [6.45, 7) is 0.156. The fourth-order valence-electron chi connectivity index (χ4n) is 1.19. The minimum absolute atomic E-state index is 0.0620. The summed E-state index contributed by atoms with van der Waals surface area (Å²) in [5.41, 5.74) is 7.00. The number of rotatable bonds is 5. The molecule has 0 bridgehead atoms. The molecule has 16 heavy (non-hydrogen) atoms. The molecule has 1 rings (SSSR count). The third-order valence-corrected chi connectivity index (χ3v) is 2.01. The number of carbonyl (C=O) groups is 2. The Kier molecular flexibility index (Phi) is 4.32. The molecule has 0 unspecified atom stereocenters. The van der Waals surface area contributed by atoms with Crippen molar-refractivity contribution in [3.63, 3.8) is 0 Å². The number of amides is 1. The standard InChI is InChI=1S/C11H14N2O3/c12-9-3-1-8(2-4-9)7-10(14)13-6-5-11(15)16/h1-4H,5-7,12H2,(H,13,14)(H,15,16). The van der Waals surface area contributed by atoms with Gasteiger partial charge in [0.2, 0.25) is 5.91 Å². The Morgan fingerprint density at radius 3 is 2.44 bits per heavy atom. The van der Waals surface area contributed by atoms with Crippen LogP contribution in [-0.4, -0.2) is 23.5 Å². The lowest BCUT2D eigenvalue weighted by Crippen LogP contribution is -2.27. The van der Waals surface area contributed by atoms with E-state index in [-0.39, 0.29) is 25.3 Å². The van der Waals surface area contributed by atoms with Gasteiger partial charge in [-0.1, -0.05) is 12.1 Å². The topological polar surface area (TPSA) is 92.4 Å². The summed E-state index contributed by atoms with van der Waals surface area (Å²) in [6, 6.07) is 6.98. The molecule has 4 N–H and O–H groups in total. The highest BCUT2D eigenvalue weighted by atomic mass is 16.4. The van der Waals surface area contributed by atoms with Crippen LogP contribution >= 0.6 is 0 Å². The molecular weight excluding hydrogens is 208 g/mol. The molecule has 0 fully saturated rings. The summed E-state index contributed by atoms with van der Waals surface area (Å²) in [5, 5.41) is 10.9. The van der Waals surface area contributed by atoms with Crippen molar-refractivity contribution in [1.29, 1.82) is 0 Å². The molecule has 1 amide bonds. The van der Waals surface area contributed by atoms with E-state index in [0.29, 0.717) is 5.69 Å². The van der Waals surface area contributed by atoms with E-state index >= 15 is 0 Å². The van der Waals surface area contributed by atoms with Crippen LogP contribution in [0, 0.1) is 0 Å². The van der Waals surface area contributed by atoms with Crippen molar-refractivity contribution in [3.05, 3.63) is 29.8 Å². The SMILES string of the molecule is Nc1ccc(CC(=O)NCCC(=O)O)cc1. The molecule has 0 spiro atoms. The molecule has 86 valence electrons. The fourth-order valence-corrected chi connectivity index (χ4v) is 1.19. The van der Waals surface area contributed by atoms with E-state index in [2.05, 4.69) is 5.32 Å². The predicted octanol–water partition coefficient (Wildman–Crippen LogP) is 0.402. The smallest absolute Gasteiger partial charge is 0.305 e. The monoisotopic (exact) mass is 222 g/mol. The van der Waals surface area contributed by atoms with Crippen molar-refractivity contribution in [3.8, 4) is 0 Å². The maximum Gasteiger partial charge on any atom is 0.305 e. The van der Waals surface area contributed by atoms with Gasteiger partial charge in [-0.2, -0.15) is 0 Å². The lowest BCUT2D eigenvalue weighted by Gasteiger charge is -2.03. The Hall–Kier alpha value is -2.04. The molecule has 0 aliphatic heterocycles. The minimum Gasteiger partial charge on any atom is -0.481 e. The number of carboxylic acid groups (broad SMARTS) is 1. The summed E-state index contributed by atoms with van der Waals surface area (Å²) in [5.74, 6) is -1.11. The number of benzene rings is 1. The van der Waals surface area contributed by atoms with E-state index in [1.165, 1.54) is 0 Å². The summed E-state index contributed by atoms with van der Waals surface area (Å²) in [7, 11) is 0. The molecule has 1 aromatic carbocycles. The number of anilines is 1. The lowest BCUT2D eigenvalue weighted by molar-refractivity contribution is -0.136. The molecule has 5 heteroatoms. The highest BCUT2D eigenvalue weighted by Gasteiger charge is 2.03. The predicted molar refractivity (Wildman–Crippen MR) is 59.8 cm³/mol. The molecule has 0 atom stereocenters. The van der Waals surface area contributed by atoms with Crippen LogP contribution in [0.15, 0.2) is 24.3 Å². The zero-order chi connectivity index (χ0) is 12.0. The van der Waals surface area contributed by atoms with Crippen LogP contribution in [0.25, 0.3) is 0 Å². The first-order valence-electron chi connectivity index (χ1n) is 4.91. The van der Waals surface area contributed by atoms with Gasteiger partial charge >= 0.3 is 5.97 Å². The number of hydrogen-bond acceptors (Lipinski definition) is 3. The number of nitrogens with one attached hydrogen (secondary N) is 1. The van der Waals surface area contributed by atoms with Crippen LogP contribution in [0.2, 0.25) is 0 Å². The van der Waals surface area contributed by atoms with Gasteiger partial charge in [0, 0.05) is 12.2 Å². The molecule has 0 aliphatic carbocycles. The van der Waals surface area contributed by atoms with Crippen molar-refractivity contribution in [1.82, 2.24) is 5.32 Å². The Morgan fingerprint density at radius 1 is 1.25 bits per heavy atom. The molecule has 0 radical (unpaired) electrons. The molecule has 1 aromatic rings.